The van der Waals surface area contributed by atoms with Gasteiger partial charge in [0.2, 0.25) is 0 Å². The van der Waals surface area contributed by atoms with Crippen LogP contribution >= 0.6 is 0 Å². The average Bonchev–Trinajstić information content (AvgIpc) is 3.21. The molecule has 25 heavy (non-hydrogen) atoms. The first-order chi connectivity index (χ1) is 12.2. The Morgan fingerprint density at radius 2 is 1.68 bits per heavy atom. The van der Waals surface area contributed by atoms with Crippen LogP contribution in [0.25, 0.3) is 0 Å². The van der Waals surface area contributed by atoms with Crippen LogP contribution in [-0.2, 0) is 9.53 Å². The number of fused-ring (bicyclic) bond motifs is 2. The molecule has 2 fully saturated rings. The van der Waals surface area contributed by atoms with E-state index in [2.05, 4.69) is 0 Å². The zero-order valence-electron chi connectivity index (χ0n) is 14.9. The number of hydrogen-bond acceptors (Lipinski definition) is 3. The van der Waals surface area contributed by atoms with Crippen molar-refractivity contribution in [3.63, 3.8) is 0 Å². The first-order valence-electron chi connectivity index (χ1n) is 9.79. The number of carbonyl (C=O) groups is 1. The Hall–Kier alpha value is -1.55. The number of rotatable bonds is 11. The quantitative estimate of drug-likeness (QED) is 0.591. The molecular formula is C21H30O4. The van der Waals surface area contributed by atoms with Crippen molar-refractivity contribution < 1.29 is 19.4 Å². The molecule has 4 unspecified atom stereocenters. The van der Waals surface area contributed by atoms with E-state index < -0.39 is 5.97 Å². The molecule has 4 heteroatoms. The van der Waals surface area contributed by atoms with Gasteiger partial charge in [-0.2, -0.15) is 0 Å². The number of para-hydroxylation sites is 1. The summed E-state index contributed by atoms with van der Waals surface area (Å²) in [6.45, 7) is 0.760. The highest BCUT2D eigenvalue weighted by Gasteiger charge is 2.47. The maximum Gasteiger partial charge on any atom is 0.303 e. The van der Waals surface area contributed by atoms with Crippen molar-refractivity contribution >= 4 is 5.97 Å². The summed E-state index contributed by atoms with van der Waals surface area (Å²) in [5.41, 5.74) is 0. The largest absolute Gasteiger partial charge is 0.494 e. The van der Waals surface area contributed by atoms with E-state index in [4.69, 9.17) is 14.6 Å². The predicted octanol–water partition coefficient (Wildman–Crippen LogP) is 4.67. The van der Waals surface area contributed by atoms with Crippen molar-refractivity contribution in [2.24, 2.45) is 11.8 Å². The van der Waals surface area contributed by atoms with Gasteiger partial charge in [0.25, 0.3) is 0 Å². The zero-order valence-corrected chi connectivity index (χ0v) is 14.9. The molecule has 0 aliphatic carbocycles. The third-order valence-corrected chi connectivity index (χ3v) is 5.73. The number of carboxylic acid groups (broad SMARTS) is 1. The molecule has 0 spiro atoms. The second-order valence-electron chi connectivity index (χ2n) is 7.41. The SMILES string of the molecule is O=C(O)CCCCCCC1C2CCC(O2)C1CCOc1ccccc1. The molecular weight excluding hydrogens is 316 g/mol. The lowest BCUT2D eigenvalue weighted by molar-refractivity contribution is -0.137. The van der Waals surface area contributed by atoms with Crippen LogP contribution in [0.15, 0.2) is 30.3 Å². The Kier molecular flexibility index (Phi) is 6.74. The molecule has 0 amide bonds. The number of benzene rings is 1. The van der Waals surface area contributed by atoms with Gasteiger partial charge in [-0.3, -0.25) is 4.79 Å². The van der Waals surface area contributed by atoms with Gasteiger partial charge in [-0.25, -0.2) is 0 Å². The molecule has 3 rings (SSSR count). The first-order valence-corrected chi connectivity index (χ1v) is 9.79. The molecule has 2 aliphatic rings. The van der Waals surface area contributed by atoms with Gasteiger partial charge in [-0.15, -0.1) is 0 Å². The molecule has 2 saturated heterocycles. The van der Waals surface area contributed by atoms with Gasteiger partial charge in [0, 0.05) is 6.42 Å². The van der Waals surface area contributed by atoms with E-state index in [-0.39, 0.29) is 0 Å². The van der Waals surface area contributed by atoms with Gasteiger partial charge in [-0.1, -0.05) is 37.5 Å². The van der Waals surface area contributed by atoms with Crippen molar-refractivity contribution in [2.45, 2.75) is 70.0 Å². The molecule has 2 bridgehead atoms. The summed E-state index contributed by atoms with van der Waals surface area (Å²) in [6, 6.07) is 10.0. The van der Waals surface area contributed by atoms with Gasteiger partial charge in [0.05, 0.1) is 18.8 Å². The van der Waals surface area contributed by atoms with Gasteiger partial charge < -0.3 is 14.6 Å². The maximum atomic E-state index is 10.5. The van der Waals surface area contributed by atoms with Crippen LogP contribution < -0.4 is 4.74 Å². The minimum atomic E-state index is -0.681. The molecule has 2 heterocycles. The minimum absolute atomic E-state index is 0.302. The zero-order chi connectivity index (χ0) is 17.5. The second kappa shape index (κ2) is 9.23. The number of hydrogen-bond donors (Lipinski definition) is 1. The Labute approximate surface area is 150 Å². The van der Waals surface area contributed by atoms with Crippen LogP contribution in [0.4, 0.5) is 0 Å². The number of unbranched alkanes of at least 4 members (excludes halogenated alkanes) is 3. The highest BCUT2D eigenvalue weighted by molar-refractivity contribution is 5.66. The molecule has 0 radical (unpaired) electrons. The number of aliphatic carboxylic acids is 1. The lowest BCUT2D eigenvalue weighted by Crippen LogP contribution is -2.28. The normalized spacial score (nSPS) is 27.5. The Bertz CT molecular complexity index is 530. The van der Waals surface area contributed by atoms with Crippen LogP contribution in [0, 0.1) is 11.8 Å². The lowest BCUT2D eigenvalue weighted by atomic mass is 9.75. The molecule has 0 saturated carbocycles. The van der Waals surface area contributed by atoms with Crippen molar-refractivity contribution in [3.05, 3.63) is 30.3 Å². The monoisotopic (exact) mass is 346 g/mol. The molecule has 1 aromatic rings. The summed E-state index contributed by atoms with van der Waals surface area (Å²) in [6.07, 6.45) is 10.0. The number of ether oxygens (including phenoxy) is 2. The van der Waals surface area contributed by atoms with Crippen LogP contribution in [0.3, 0.4) is 0 Å². The molecule has 1 aromatic carbocycles. The second-order valence-corrected chi connectivity index (χ2v) is 7.41. The van der Waals surface area contributed by atoms with E-state index in [1.165, 1.54) is 25.7 Å². The Morgan fingerprint density at radius 3 is 2.40 bits per heavy atom. The van der Waals surface area contributed by atoms with Gasteiger partial charge in [-0.05, 0) is 56.1 Å². The fraction of sp³-hybridized carbons (Fsp3) is 0.667. The highest BCUT2D eigenvalue weighted by Crippen LogP contribution is 2.47. The van der Waals surface area contributed by atoms with Crippen molar-refractivity contribution in [3.8, 4) is 5.75 Å². The van der Waals surface area contributed by atoms with Crippen LogP contribution in [0.5, 0.6) is 5.75 Å². The smallest absolute Gasteiger partial charge is 0.303 e. The molecule has 2 aliphatic heterocycles. The fourth-order valence-corrected chi connectivity index (χ4v) is 4.51. The Balaban J connectivity index is 1.38. The molecule has 4 nitrogen and oxygen atoms in total. The van der Waals surface area contributed by atoms with Gasteiger partial charge >= 0.3 is 5.97 Å². The van der Waals surface area contributed by atoms with Crippen LogP contribution in [0.2, 0.25) is 0 Å². The molecule has 4 atom stereocenters. The van der Waals surface area contributed by atoms with E-state index in [9.17, 15) is 4.79 Å². The maximum absolute atomic E-state index is 10.5. The van der Waals surface area contributed by atoms with Crippen molar-refractivity contribution in [1.82, 2.24) is 0 Å². The summed E-state index contributed by atoms with van der Waals surface area (Å²) < 4.78 is 12.1. The average molecular weight is 346 g/mol. The summed E-state index contributed by atoms with van der Waals surface area (Å²) in [4.78, 5) is 10.5. The van der Waals surface area contributed by atoms with E-state index in [0.717, 1.165) is 38.0 Å². The first kappa shape index (κ1) is 18.2. The van der Waals surface area contributed by atoms with E-state index >= 15 is 0 Å². The van der Waals surface area contributed by atoms with Crippen molar-refractivity contribution in [2.75, 3.05) is 6.61 Å². The molecule has 0 aromatic heterocycles. The summed E-state index contributed by atoms with van der Waals surface area (Å²) in [7, 11) is 0. The topological polar surface area (TPSA) is 55.8 Å². The lowest BCUT2D eigenvalue weighted by Gasteiger charge is -2.28. The number of carboxylic acids is 1. The summed E-state index contributed by atoms with van der Waals surface area (Å²) in [5.74, 6) is 1.56. The minimum Gasteiger partial charge on any atom is -0.494 e. The standard InChI is InChI=1S/C21H30O4/c22-21(23)11-7-2-1-6-10-17-18(20-13-12-19(17)25-20)14-15-24-16-8-4-3-5-9-16/h3-5,8-9,17-20H,1-2,6-7,10-15H2,(H,22,23). The summed E-state index contributed by atoms with van der Waals surface area (Å²) in [5, 5.41) is 8.69. The summed E-state index contributed by atoms with van der Waals surface area (Å²) >= 11 is 0. The molecule has 1 N–H and O–H groups in total. The highest BCUT2D eigenvalue weighted by atomic mass is 16.5. The predicted molar refractivity (Wildman–Crippen MR) is 96.8 cm³/mol. The third-order valence-electron chi connectivity index (χ3n) is 5.73. The van der Waals surface area contributed by atoms with E-state index in [1.54, 1.807) is 0 Å². The van der Waals surface area contributed by atoms with Crippen LogP contribution in [0.1, 0.15) is 57.8 Å². The van der Waals surface area contributed by atoms with Crippen LogP contribution in [-0.4, -0.2) is 29.9 Å². The van der Waals surface area contributed by atoms with E-state index in [1.807, 2.05) is 30.3 Å². The van der Waals surface area contributed by atoms with Gasteiger partial charge in [0.1, 0.15) is 5.75 Å². The fourth-order valence-electron chi connectivity index (χ4n) is 4.51. The van der Waals surface area contributed by atoms with E-state index in [0.29, 0.717) is 30.5 Å². The molecule has 138 valence electrons. The Morgan fingerprint density at radius 1 is 1.00 bits per heavy atom. The van der Waals surface area contributed by atoms with Crippen molar-refractivity contribution in [1.29, 1.82) is 0 Å². The van der Waals surface area contributed by atoms with Gasteiger partial charge in [0.15, 0.2) is 0 Å². The third kappa shape index (κ3) is 5.21.